The first-order valence-corrected chi connectivity index (χ1v) is 12.5. The number of aromatic nitrogens is 5. The van der Waals surface area contributed by atoms with E-state index in [0.29, 0.717) is 74.5 Å². The van der Waals surface area contributed by atoms with Crippen LogP contribution in [-0.4, -0.2) is 83.0 Å². The number of halogens is 2. The van der Waals surface area contributed by atoms with Gasteiger partial charge in [0.15, 0.2) is 5.82 Å². The number of carbonyl (C=O) groups excluding carboxylic acids is 1. The summed E-state index contributed by atoms with van der Waals surface area (Å²) in [5.74, 6) is 0.692. The highest BCUT2D eigenvalue weighted by Gasteiger charge is 2.28. The molecule has 2 aliphatic rings. The van der Waals surface area contributed by atoms with Gasteiger partial charge in [0.25, 0.3) is 6.43 Å². The molecule has 13 heteroatoms. The van der Waals surface area contributed by atoms with E-state index in [0.717, 1.165) is 12.8 Å². The minimum atomic E-state index is -2.87. The number of fused-ring (bicyclic) bond motifs is 1. The van der Waals surface area contributed by atoms with Crippen LogP contribution in [0.3, 0.4) is 0 Å². The van der Waals surface area contributed by atoms with E-state index in [-0.39, 0.29) is 17.9 Å². The number of methoxy groups -OCH3 is 1. The van der Waals surface area contributed by atoms with Crippen LogP contribution in [0.15, 0.2) is 18.2 Å². The molecule has 2 aliphatic heterocycles. The van der Waals surface area contributed by atoms with Gasteiger partial charge in [0.05, 0.1) is 25.8 Å². The number of ether oxygens (including phenoxy) is 2. The van der Waals surface area contributed by atoms with E-state index in [1.165, 1.54) is 11.7 Å². The Kier molecular flexibility index (Phi) is 7.31. The molecule has 198 valence electrons. The molecule has 0 bridgehead atoms. The smallest absolute Gasteiger partial charge is 0.296 e. The van der Waals surface area contributed by atoms with Crippen molar-refractivity contribution in [1.29, 1.82) is 0 Å². The van der Waals surface area contributed by atoms with Crippen molar-refractivity contribution in [2.45, 2.75) is 38.7 Å². The third-order valence-electron chi connectivity index (χ3n) is 6.57. The number of para-hydroxylation sites is 1. The summed E-state index contributed by atoms with van der Waals surface area (Å²) in [6, 6.07) is 5.02. The predicted octanol–water partition coefficient (Wildman–Crippen LogP) is 2.49. The second-order valence-corrected chi connectivity index (χ2v) is 8.98. The lowest BCUT2D eigenvalue weighted by Crippen LogP contribution is -2.48. The van der Waals surface area contributed by atoms with Crippen LogP contribution >= 0.6 is 0 Å². The summed E-state index contributed by atoms with van der Waals surface area (Å²) in [5, 5.41) is 3.04. The zero-order valence-electron chi connectivity index (χ0n) is 20.9. The number of hydrogen-bond donors (Lipinski definition) is 1. The Morgan fingerprint density at radius 3 is 2.54 bits per heavy atom. The van der Waals surface area contributed by atoms with Crippen LogP contribution in [0.25, 0.3) is 17.0 Å². The molecule has 5 rings (SSSR count). The molecule has 1 N–H and O–H groups in total. The molecule has 0 aliphatic carbocycles. The lowest BCUT2D eigenvalue weighted by molar-refractivity contribution is -0.121. The zero-order valence-corrected chi connectivity index (χ0v) is 20.9. The van der Waals surface area contributed by atoms with Gasteiger partial charge in [-0.3, -0.25) is 9.36 Å². The van der Waals surface area contributed by atoms with Gasteiger partial charge in [0.2, 0.25) is 23.8 Å². The van der Waals surface area contributed by atoms with E-state index in [2.05, 4.69) is 20.3 Å². The Hall–Kier alpha value is -3.61. The van der Waals surface area contributed by atoms with Gasteiger partial charge in [-0.25, -0.2) is 13.8 Å². The maximum Gasteiger partial charge on any atom is 0.296 e. The summed E-state index contributed by atoms with van der Waals surface area (Å²) in [4.78, 5) is 34.1. The number of amides is 1. The van der Waals surface area contributed by atoms with Crippen molar-refractivity contribution < 1.29 is 23.0 Å². The second kappa shape index (κ2) is 10.8. The van der Waals surface area contributed by atoms with Gasteiger partial charge in [-0.1, -0.05) is 13.0 Å². The Morgan fingerprint density at radius 1 is 1.11 bits per heavy atom. The number of rotatable bonds is 7. The highest BCUT2D eigenvalue weighted by Crippen LogP contribution is 2.32. The monoisotopic (exact) mass is 516 g/mol. The highest BCUT2D eigenvalue weighted by molar-refractivity contribution is 5.84. The molecule has 0 saturated carbocycles. The summed E-state index contributed by atoms with van der Waals surface area (Å²) < 4.78 is 40.6. The number of carbonyl (C=O) groups is 1. The number of anilines is 2. The van der Waals surface area contributed by atoms with Crippen LogP contribution < -0.4 is 19.9 Å². The number of morpholine rings is 1. The molecule has 1 amide bonds. The quantitative estimate of drug-likeness (QED) is 0.506. The predicted molar refractivity (Wildman–Crippen MR) is 133 cm³/mol. The second-order valence-electron chi connectivity index (χ2n) is 8.98. The van der Waals surface area contributed by atoms with Crippen molar-refractivity contribution in [3.05, 3.63) is 24.0 Å². The fourth-order valence-electron chi connectivity index (χ4n) is 4.71. The fourth-order valence-corrected chi connectivity index (χ4v) is 4.71. The van der Waals surface area contributed by atoms with Crippen LogP contribution in [0.2, 0.25) is 0 Å². The van der Waals surface area contributed by atoms with Crippen molar-refractivity contribution >= 4 is 28.8 Å². The van der Waals surface area contributed by atoms with Gasteiger partial charge in [0, 0.05) is 38.6 Å². The van der Waals surface area contributed by atoms with E-state index >= 15 is 0 Å². The molecule has 1 atom stereocenters. The molecule has 37 heavy (non-hydrogen) atoms. The summed E-state index contributed by atoms with van der Waals surface area (Å²) in [7, 11) is 1.47. The number of hydrogen-bond acceptors (Lipinski definition) is 9. The Labute approximate surface area is 212 Å². The number of benzene rings is 1. The van der Waals surface area contributed by atoms with Gasteiger partial charge >= 0.3 is 0 Å². The zero-order chi connectivity index (χ0) is 25.9. The van der Waals surface area contributed by atoms with Gasteiger partial charge < -0.3 is 24.6 Å². The average molecular weight is 517 g/mol. The average Bonchev–Trinajstić information content (AvgIpc) is 3.34. The van der Waals surface area contributed by atoms with Gasteiger partial charge in [-0.05, 0) is 25.0 Å². The number of piperidine rings is 1. The maximum atomic E-state index is 14.2. The lowest BCUT2D eigenvalue weighted by Gasteiger charge is -2.34. The van der Waals surface area contributed by atoms with E-state index < -0.39 is 12.2 Å². The van der Waals surface area contributed by atoms with E-state index in [1.54, 1.807) is 18.2 Å². The van der Waals surface area contributed by atoms with Crippen LogP contribution in [0.1, 0.15) is 38.4 Å². The van der Waals surface area contributed by atoms with Crippen LogP contribution in [0.4, 0.5) is 20.7 Å². The molecule has 0 unspecified atom stereocenters. The molecule has 4 heterocycles. The normalized spacial score (nSPS) is 18.5. The van der Waals surface area contributed by atoms with E-state index in [1.807, 2.05) is 16.7 Å². The number of nitrogens with one attached hydrogen (secondary N) is 1. The molecular formula is C24H30F2N8O3. The van der Waals surface area contributed by atoms with Gasteiger partial charge in [0.1, 0.15) is 11.3 Å². The SMILES string of the molecule is CCC(=O)N[C@H]1CCCN(c2nc(N3CCOCC3)nc(-n3c(C(F)F)nc4c(OC)cccc43)n2)C1. The largest absolute Gasteiger partial charge is 0.494 e. The van der Waals surface area contributed by atoms with Crippen LogP contribution in [-0.2, 0) is 9.53 Å². The minimum absolute atomic E-state index is 0.0161. The summed E-state index contributed by atoms with van der Waals surface area (Å²) in [6.45, 7) is 5.16. The Morgan fingerprint density at radius 2 is 1.84 bits per heavy atom. The van der Waals surface area contributed by atoms with E-state index in [4.69, 9.17) is 14.5 Å². The molecule has 2 saturated heterocycles. The van der Waals surface area contributed by atoms with Crippen molar-refractivity contribution in [2.75, 3.05) is 56.3 Å². The van der Waals surface area contributed by atoms with E-state index in [9.17, 15) is 13.6 Å². The van der Waals surface area contributed by atoms with Crippen molar-refractivity contribution in [3.63, 3.8) is 0 Å². The fraction of sp³-hybridized carbons (Fsp3) is 0.542. The summed E-state index contributed by atoms with van der Waals surface area (Å²) in [6.07, 6.45) is -0.789. The molecule has 0 spiro atoms. The Bertz CT molecular complexity index is 1260. The first kappa shape index (κ1) is 25.1. The highest BCUT2D eigenvalue weighted by atomic mass is 19.3. The first-order chi connectivity index (χ1) is 18.0. The van der Waals surface area contributed by atoms with Crippen molar-refractivity contribution in [1.82, 2.24) is 29.8 Å². The lowest BCUT2D eigenvalue weighted by atomic mass is 10.1. The summed E-state index contributed by atoms with van der Waals surface area (Å²) in [5.41, 5.74) is 0.710. The molecule has 2 aromatic heterocycles. The number of alkyl halides is 2. The van der Waals surface area contributed by atoms with Gasteiger partial charge in [-0.15, -0.1) is 0 Å². The number of nitrogens with zero attached hydrogens (tertiary/aromatic N) is 7. The molecule has 2 fully saturated rings. The molecule has 1 aromatic carbocycles. The topological polar surface area (TPSA) is 111 Å². The molecule has 11 nitrogen and oxygen atoms in total. The summed E-state index contributed by atoms with van der Waals surface area (Å²) >= 11 is 0. The molecule has 3 aromatic rings. The van der Waals surface area contributed by atoms with Crippen molar-refractivity contribution in [3.8, 4) is 11.7 Å². The number of imidazole rings is 1. The third-order valence-corrected chi connectivity index (χ3v) is 6.57. The minimum Gasteiger partial charge on any atom is -0.494 e. The van der Waals surface area contributed by atoms with Crippen molar-refractivity contribution in [2.24, 2.45) is 0 Å². The molecule has 0 radical (unpaired) electrons. The standard InChI is InChI=1S/C24H30F2N8O3/c1-3-18(35)27-15-6-5-9-33(14-15)23-29-22(32-10-12-37-13-11-32)30-24(31-23)34-16-7-4-8-17(36-2)19(16)28-21(34)20(25)26/h4,7-8,15,20H,3,5-6,9-14H2,1-2H3,(H,27,35)/t15-/m0/s1. The molecular weight excluding hydrogens is 486 g/mol. The van der Waals surface area contributed by atoms with Crippen LogP contribution in [0.5, 0.6) is 5.75 Å². The first-order valence-electron chi connectivity index (χ1n) is 12.5. The maximum absolute atomic E-state index is 14.2. The third kappa shape index (κ3) is 5.13. The Balaban J connectivity index is 1.62. The van der Waals surface area contributed by atoms with Gasteiger partial charge in [-0.2, -0.15) is 15.0 Å². The van der Waals surface area contributed by atoms with Crippen LogP contribution in [0, 0.1) is 0 Å².